The number of benzene rings is 1. The fourth-order valence-corrected chi connectivity index (χ4v) is 3.87. The first-order chi connectivity index (χ1) is 15.6. The second-order valence-corrected chi connectivity index (χ2v) is 7.65. The molecule has 1 aliphatic rings. The van der Waals surface area contributed by atoms with Gasteiger partial charge >= 0.3 is 5.69 Å². The Morgan fingerprint density at radius 1 is 1.16 bits per heavy atom. The summed E-state index contributed by atoms with van der Waals surface area (Å²) in [5, 5.41) is 4.66. The summed E-state index contributed by atoms with van der Waals surface area (Å²) in [4.78, 5) is 48.9. The molecule has 1 aromatic carbocycles. The number of thiazole rings is 1. The van der Waals surface area contributed by atoms with E-state index < -0.39 is 17.2 Å². The third-order valence-electron chi connectivity index (χ3n) is 4.73. The Kier molecular flexibility index (Phi) is 5.00. The molecule has 0 unspecified atom stereocenters. The monoisotopic (exact) mass is 449 g/mol. The van der Waals surface area contributed by atoms with Crippen molar-refractivity contribution in [2.24, 2.45) is 0 Å². The molecule has 3 aromatic heterocycles. The molecule has 1 amide bonds. The number of ether oxygens (including phenoxy) is 2. The van der Waals surface area contributed by atoms with Gasteiger partial charge in [-0.15, -0.1) is 11.3 Å². The van der Waals surface area contributed by atoms with Gasteiger partial charge in [-0.25, -0.2) is 9.78 Å². The molecule has 1 aliphatic heterocycles. The van der Waals surface area contributed by atoms with Crippen LogP contribution in [0.5, 0.6) is 11.5 Å². The molecule has 32 heavy (non-hydrogen) atoms. The number of nitrogens with zero attached hydrogens (tertiary/aromatic N) is 3. The lowest BCUT2D eigenvalue weighted by atomic mass is 10.2. The van der Waals surface area contributed by atoms with Gasteiger partial charge in [0.25, 0.3) is 11.5 Å². The molecule has 2 N–H and O–H groups in total. The van der Waals surface area contributed by atoms with Crippen LogP contribution in [0.4, 0.5) is 5.13 Å². The summed E-state index contributed by atoms with van der Waals surface area (Å²) >= 11 is 1.20. The van der Waals surface area contributed by atoms with Crippen molar-refractivity contribution in [1.82, 2.24) is 19.5 Å². The van der Waals surface area contributed by atoms with Gasteiger partial charge in [-0.1, -0.05) is 12.1 Å². The number of amides is 1. The van der Waals surface area contributed by atoms with E-state index in [4.69, 9.17) is 9.47 Å². The number of aromatic nitrogens is 4. The van der Waals surface area contributed by atoms with Gasteiger partial charge in [0.1, 0.15) is 11.3 Å². The fourth-order valence-electron chi connectivity index (χ4n) is 3.17. The molecule has 4 aromatic rings. The molecule has 10 nitrogen and oxygen atoms in total. The Morgan fingerprint density at radius 2 is 2.03 bits per heavy atom. The maximum absolute atomic E-state index is 12.9. The summed E-state index contributed by atoms with van der Waals surface area (Å²) in [5.74, 6) is 0.456. The molecule has 0 atom stereocenters. The number of pyridine rings is 1. The number of hydrogen-bond donors (Lipinski definition) is 2. The first-order valence-electron chi connectivity index (χ1n) is 9.48. The van der Waals surface area contributed by atoms with Gasteiger partial charge in [-0.2, -0.15) is 0 Å². The molecule has 11 heteroatoms. The number of carbonyl (C=O) groups excluding carboxylic acids is 1. The third kappa shape index (κ3) is 3.76. The Morgan fingerprint density at radius 3 is 2.88 bits per heavy atom. The van der Waals surface area contributed by atoms with Crippen molar-refractivity contribution in [3.63, 3.8) is 0 Å². The molecule has 0 aliphatic carbocycles. The molecule has 0 spiro atoms. The van der Waals surface area contributed by atoms with Gasteiger partial charge in [0.2, 0.25) is 6.79 Å². The number of fused-ring (bicyclic) bond motifs is 1. The Bertz CT molecular complexity index is 1430. The number of hydrogen-bond acceptors (Lipinski definition) is 8. The Hall–Kier alpha value is -4.25. The van der Waals surface area contributed by atoms with Gasteiger partial charge in [-0.3, -0.25) is 24.5 Å². The molecule has 160 valence electrons. The van der Waals surface area contributed by atoms with E-state index in [1.165, 1.54) is 11.3 Å². The van der Waals surface area contributed by atoms with E-state index in [-0.39, 0.29) is 18.9 Å². The van der Waals surface area contributed by atoms with Crippen molar-refractivity contribution in [3.05, 3.63) is 86.1 Å². The Balaban J connectivity index is 1.38. The van der Waals surface area contributed by atoms with E-state index in [1.54, 1.807) is 41.9 Å². The van der Waals surface area contributed by atoms with Crippen LogP contribution in [0.3, 0.4) is 0 Å². The SMILES string of the molecule is O=C(Nc1nc(-c2ccccn2)cs1)c1c[nH]c(=O)n(Cc2ccc3c(c2)OCO3)c1=O. The third-order valence-corrected chi connectivity index (χ3v) is 5.49. The minimum Gasteiger partial charge on any atom is -0.454 e. The second-order valence-electron chi connectivity index (χ2n) is 6.79. The molecule has 0 saturated carbocycles. The van der Waals surface area contributed by atoms with Gasteiger partial charge < -0.3 is 14.5 Å². The van der Waals surface area contributed by atoms with Crippen LogP contribution in [-0.4, -0.2) is 32.2 Å². The molecular weight excluding hydrogens is 434 g/mol. The van der Waals surface area contributed by atoms with Gasteiger partial charge in [-0.05, 0) is 29.8 Å². The summed E-state index contributed by atoms with van der Waals surface area (Å²) in [6.45, 7) is 0.0841. The van der Waals surface area contributed by atoms with Crippen LogP contribution in [0.25, 0.3) is 11.4 Å². The fraction of sp³-hybridized carbons (Fsp3) is 0.0952. The van der Waals surface area contributed by atoms with Crippen LogP contribution in [0, 0.1) is 0 Å². The lowest BCUT2D eigenvalue weighted by molar-refractivity contribution is 0.102. The quantitative estimate of drug-likeness (QED) is 0.477. The van der Waals surface area contributed by atoms with E-state index in [1.807, 2.05) is 6.07 Å². The van der Waals surface area contributed by atoms with Gasteiger partial charge in [0, 0.05) is 17.8 Å². The van der Waals surface area contributed by atoms with E-state index >= 15 is 0 Å². The molecule has 5 rings (SSSR count). The van der Waals surface area contributed by atoms with E-state index in [9.17, 15) is 14.4 Å². The molecule has 4 heterocycles. The highest BCUT2D eigenvalue weighted by molar-refractivity contribution is 7.14. The topological polar surface area (TPSA) is 128 Å². The maximum atomic E-state index is 12.9. The van der Waals surface area contributed by atoms with E-state index in [0.717, 1.165) is 10.8 Å². The first kappa shape index (κ1) is 19.7. The van der Waals surface area contributed by atoms with Crippen LogP contribution in [0.1, 0.15) is 15.9 Å². The summed E-state index contributed by atoms with van der Waals surface area (Å²) < 4.78 is 11.5. The molecule has 0 saturated heterocycles. The van der Waals surface area contributed by atoms with Crippen molar-refractivity contribution in [1.29, 1.82) is 0 Å². The highest BCUT2D eigenvalue weighted by Gasteiger charge is 2.18. The maximum Gasteiger partial charge on any atom is 0.328 e. The summed E-state index contributed by atoms with van der Waals surface area (Å²) in [5.41, 5.74) is 0.368. The van der Waals surface area contributed by atoms with Crippen LogP contribution < -0.4 is 26.0 Å². The average Bonchev–Trinajstić information content (AvgIpc) is 3.46. The van der Waals surface area contributed by atoms with Crippen molar-refractivity contribution < 1.29 is 14.3 Å². The number of rotatable bonds is 5. The highest BCUT2D eigenvalue weighted by Crippen LogP contribution is 2.32. The van der Waals surface area contributed by atoms with Crippen molar-refractivity contribution in [2.45, 2.75) is 6.54 Å². The number of anilines is 1. The van der Waals surface area contributed by atoms with E-state index in [2.05, 4.69) is 20.3 Å². The molecule has 0 fully saturated rings. The van der Waals surface area contributed by atoms with Crippen LogP contribution in [0.15, 0.2) is 63.8 Å². The van der Waals surface area contributed by atoms with Crippen LogP contribution >= 0.6 is 11.3 Å². The van der Waals surface area contributed by atoms with Crippen molar-refractivity contribution >= 4 is 22.4 Å². The summed E-state index contributed by atoms with van der Waals surface area (Å²) in [6, 6.07) is 10.6. The zero-order valence-corrected chi connectivity index (χ0v) is 17.2. The molecular formula is C21H15N5O5S. The number of H-pyrrole nitrogens is 1. The van der Waals surface area contributed by atoms with Crippen molar-refractivity contribution in [3.8, 4) is 22.9 Å². The second kappa shape index (κ2) is 8.12. The van der Waals surface area contributed by atoms with Crippen LogP contribution in [0.2, 0.25) is 0 Å². The van der Waals surface area contributed by atoms with Gasteiger partial charge in [0.05, 0.1) is 12.2 Å². The van der Waals surface area contributed by atoms with E-state index in [0.29, 0.717) is 33.6 Å². The minimum absolute atomic E-state index is 0.0347. The lowest BCUT2D eigenvalue weighted by Crippen LogP contribution is -2.39. The highest BCUT2D eigenvalue weighted by atomic mass is 32.1. The normalized spacial score (nSPS) is 12.0. The lowest BCUT2D eigenvalue weighted by Gasteiger charge is -2.08. The van der Waals surface area contributed by atoms with Gasteiger partial charge in [0.15, 0.2) is 16.6 Å². The Labute approximate surface area is 184 Å². The predicted octanol–water partition coefficient (Wildman–Crippen LogP) is 2.08. The summed E-state index contributed by atoms with van der Waals surface area (Å²) in [6.07, 6.45) is 2.75. The summed E-state index contributed by atoms with van der Waals surface area (Å²) in [7, 11) is 0. The average molecular weight is 449 g/mol. The van der Waals surface area contributed by atoms with Crippen molar-refractivity contribution in [2.75, 3.05) is 12.1 Å². The number of carbonyl (C=O) groups is 1. The zero-order valence-electron chi connectivity index (χ0n) is 16.4. The first-order valence-corrected chi connectivity index (χ1v) is 10.4. The zero-order chi connectivity index (χ0) is 22.1. The minimum atomic E-state index is -0.717. The number of nitrogens with one attached hydrogen (secondary N) is 2. The largest absolute Gasteiger partial charge is 0.454 e. The molecule has 0 radical (unpaired) electrons. The smallest absolute Gasteiger partial charge is 0.328 e. The predicted molar refractivity (Wildman–Crippen MR) is 116 cm³/mol. The standard InChI is InChI=1S/C21H15N5O5S/c27-18(25-20-24-15(10-32-20)14-3-1-2-6-22-14)13-8-23-21(29)26(19(13)28)9-12-4-5-16-17(7-12)31-11-30-16/h1-8,10H,9,11H2,(H,23,29)(H,24,25,27). The van der Waals surface area contributed by atoms with Crippen LogP contribution in [-0.2, 0) is 6.54 Å². The molecule has 0 bridgehead atoms. The number of aromatic amines is 1.